The van der Waals surface area contributed by atoms with Crippen molar-refractivity contribution in [1.29, 1.82) is 0 Å². The third-order valence-electron chi connectivity index (χ3n) is 10.2. The fraction of sp³-hybridized carbons (Fsp3) is 0.593. The minimum Gasteiger partial charge on any atom is -0.497 e. The first-order chi connectivity index (χ1) is 16.4. The molecule has 2 aliphatic heterocycles. The number of rotatable bonds is 2. The van der Waals surface area contributed by atoms with E-state index < -0.39 is 6.09 Å². The summed E-state index contributed by atoms with van der Waals surface area (Å²) in [6, 6.07) is 9.04. The summed E-state index contributed by atoms with van der Waals surface area (Å²) < 4.78 is 5.69. The number of hydrogen-bond donors (Lipinski definition) is 1. The summed E-state index contributed by atoms with van der Waals surface area (Å²) >= 11 is 0. The highest BCUT2D eigenvalue weighted by atomic mass is 16.5. The van der Waals surface area contributed by atoms with E-state index >= 15 is 0 Å². The maximum Gasteiger partial charge on any atom is 0.407 e. The van der Waals surface area contributed by atoms with E-state index in [2.05, 4.69) is 30.9 Å². The van der Waals surface area contributed by atoms with Crippen LogP contribution in [-0.2, 0) is 11.8 Å². The molecule has 2 saturated carbocycles. The van der Waals surface area contributed by atoms with E-state index in [1.54, 1.807) is 12.0 Å². The number of benzene rings is 1. The zero-order chi connectivity index (χ0) is 23.4. The zero-order valence-electron chi connectivity index (χ0n) is 20.1. The molecule has 1 aromatic carbocycles. The Kier molecular flexibility index (Phi) is 4.01. The predicted octanol–water partition coefficient (Wildman–Crippen LogP) is 3.95. The van der Waals surface area contributed by atoms with Crippen LogP contribution in [0.3, 0.4) is 0 Å². The lowest BCUT2D eigenvalue weighted by Crippen LogP contribution is -2.70. The fourth-order valence-electron chi connectivity index (χ4n) is 9.41. The SMILES string of the molecule is COc1ccc2c(c1)[C@]13CCN(C(=O)O)[C@H](C2)[C@]12CC[C@@H]1[C@H]3[C@@H](CN1c1nc(C)cc(C)n1)C2. The second kappa shape index (κ2) is 6.64. The largest absolute Gasteiger partial charge is 0.497 e. The molecule has 4 fully saturated rings. The lowest BCUT2D eigenvalue weighted by Gasteiger charge is -2.66. The Labute approximate surface area is 200 Å². The second-order valence-corrected chi connectivity index (χ2v) is 11.3. The van der Waals surface area contributed by atoms with Crippen LogP contribution in [0.2, 0.25) is 0 Å². The van der Waals surface area contributed by atoms with Crippen molar-refractivity contribution in [3.63, 3.8) is 0 Å². The van der Waals surface area contributed by atoms with Crippen molar-refractivity contribution < 1.29 is 14.6 Å². The van der Waals surface area contributed by atoms with Crippen molar-refractivity contribution in [1.82, 2.24) is 14.9 Å². The molecule has 1 amide bonds. The number of amides is 1. The van der Waals surface area contributed by atoms with E-state index in [9.17, 15) is 9.90 Å². The standard InChI is InChI=1S/C27H32N4O3/c1-15-10-16(2)29-24(28-15)31-14-18-13-26-7-6-21(31)23(18)27(26)8-9-30(25(32)33)22(26)11-17-4-5-19(34-3)12-20(17)27/h4-5,10,12,18,21-23H,6-9,11,13-14H2,1-3H3,(H,32,33)/t18-,21-,22-,23-,26-,27+/m1/s1. The van der Waals surface area contributed by atoms with Gasteiger partial charge in [0.05, 0.1) is 7.11 Å². The molecule has 2 aromatic rings. The Bertz CT molecular complexity index is 1200. The molecule has 6 atom stereocenters. The van der Waals surface area contributed by atoms with Gasteiger partial charge in [0.25, 0.3) is 0 Å². The van der Waals surface area contributed by atoms with Gasteiger partial charge in [-0.25, -0.2) is 14.8 Å². The summed E-state index contributed by atoms with van der Waals surface area (Å²) in [5.41, 5.74) is 4.80. The molecule has 0 unspecified atom stereocenters. The van der Waals surface area contributed by atoms with Crippen LogP contribution in [0, 0.1) is 31.1 Å². The summed E-state index contributed by atoms with van der Waals surface area (Å²) in [5.74, 6) is 2.82. The fourth-order valence-corrected chi connectivity index (χ4v) is 9.41. The first-order valence-corrected chi connectivity index (χ1v) is 12.6. The summed E-state index contributed by atoms with van der Waals surface area (Å²) in [4.78, 5) is 26.4. The third kappa shape index (κ3) is 2.31. The van der Waals surface area contributed by atoms with Gasteiger partial charge >= 0.3 is 6.09 Å². The monoisotopic (exact) mass is 460 g/mol. The molecule has 0 radical (unpaired) electrons. The first kappa shape index (κ1) is 20.5. The number of carbonyl (C=O) groups is 1. The molecule has 3 heterocycles. The van der Waals surface area contributed by atoms with Crippen molar-refractivity contribution in [2.75, 3.05) is 25.1 Å². The Balaban J connectivity index is 1.41. The van der Waals surface area contributed by atoms with E-state index in [1.807, 2.05) is 12.1 Å². The predicted molar refractivity (Wildman–Crippen MR) is 127 cm³/mol. The van der Waals surface area contributed by atoms with E-state index in [-0.39, 0.29) is 16.9 Å². The van der Waals surface area contributed by atoms with Crippen molar-refractivity contribution in [2.45, 2.75) is 63.5 Å². The molecule has 0 spiro atoms. The number of ether oxygens (including phenoxy) is 1. The van der Waals surface area contributed by atoms with Crippen LogP contribution in [-0.4, -0.2) is 58.4 Å². The number of aryl methyl sites for hydroxylation is 2. The average Bonchev–Trinajstić information content (AvgIpc) is 3.24. The van der Waals surface area contributed by atoms with Crippen LogP contribution >= 0.6 is 0 Å². The number of fused-ring (bicyclic) bond motifs is 1. The molecule has 2 saturated heterocycles. The Morgan fingerprint density at radius 1 is 1.18 bits per heavy atom. The Hall–Kier alpha value is -2.83. The molecule has 1 N–H and O–H groups in total. The van der Waals surface area contributed by atoms with Crippen LogP contribution in [0.15, 0.2) is 24.3 Å². The van der Waals surface area contributed by atoms with E-state index in [4.69, 9.17) is 14.7 Å². The number of carboxylic acid groups (broad SMARTS) is 1. The van der Waals surface area contributed by atoms with Gasteiger partial charge in [0.1, 0.15) is 5.75 Å². The Morgan fingerprint density at radius 2 is 1.97 bits per heavy atom. The van der Waals surface area contributed by atoms with E-state index in [1.165, 1.54) is 11.1 Å². The van der Waals surface area contributed by atoms with Crippen molar-refractivity contribution >= 4 is 12.0 Å². The van der Waals surface area contributed by atoms with Gasteiger partial charge in [-0.05, 0) is 87.1 Å². The van der Waals surface area contributed by atoms with Crippen LogP contribution < -0.4 is 9.64 Å². The topological polar surface area (TPSA) is 78.8 Å². The summed E-state index contributed by atoms with van der Waals surface area (Å²) in [6.45, 7) is 5.69. The van der Waals surface area contributed by atoms with Gasteiger partial charge in [-0.1, -0.05) is 6.07 Å². The number of nitrogens with zero attached hydrogens (tertiary/aromatic N) is 4. The van der Waals surface area contributed by atoms with Gasteiger partial charge in [-0.2, -0.15) is 0 Å². The van der Waals surface area contributed by atoms with Gasteiger partial charge in [0, 0.05) is 47.4 Å². The number of methoxy groups -OCH3 is 1. The molecule has 7 heteroatoms. The smallest absolute Gasteiger partial charge is 0.407 e. The molecule has 1 aromatic heterocycles. The molecule has 7 rings (SSSR count). The molecule has 5 aliphatic rings. The lowest BCUT2D eigenvalue weighted by molar-refractivity contribution is -0.0803. The van der Waals surface area contributed by atoms with Crippen LogP contribution in [0.5, 0.6) is 5.75 Å². The minimum absolute atomic E-state index is 0.00700. The highest BCUT2D eigenvalue weighted by Gasteiger charge is 2.76. The van der Waals surface area contributed by atoms with Crippen molar-refractivity contribution in [3.05, 3.63) is 46.8 Å². The molecular formula is C27H32N4O3. The van der Waals surface area contributed by atoms with Crippen molar-refractivity contribution in [2.24, 2.45) is 17.3 Å². The minimum atomic E-state index is -0.755. The highest BCUT2D eigenvalue weighted by Crippen LogP contribution is 2.75. The molecule has 7 nitrogen and oxygen atoms in total. The Morgan fingerprint density at radius 3 is 2.71 bits per heavy atom. The number of likely N-dealkylation sites (tertiary alicyclic amines) is 1. The third-order valence-corrected chi connectivity index (χ3v) is 10.2. The molecule has 4 bridgehead atoms. The van der Waals surface area contributed by atoms with Gasteiger partial charge < -0.3 is 19.6 Å². The molecule has 34 heavy (non-hydrogen) atoms. The number of hydrogen-bond acceptors (Lipinski definition) is 5. The van der Waals surface area contributed by atoms with Crippen LogP contribution in [0.1, 0.15) is 48.2 Å². The lowest BCUT2D eigenvalue weighted by atomic mass is 9.43. The van der Waals surface area contributed by atoms with E-state index in [0.29, 0.717) is 24.4 Å². The number of anilines is 1. The highest BCUT2D eigenvalue weighted by molar-refractivity contribution is 5.67. The van der Waals surface area contributed by atoms with Gasteiger partial charge in [0.2, 0.25) is 5.95 Å². The maximum absolute atomic E-state index is 12.4. The van der Waals surface area contributed by atoms with Gasteiger partial charge in [-0.15, -0.1) is 0 Å². The molecule has 3 aliphatic carbocycles. The average molecular weight is 461 g/mol. The van der Waals surface area contributed by atoms with Crippen molar-refractivity contribution in [3.8, 4) is 5.75 Å². The molecular weight excluding hydrogens is 428 g/mol. The summed E-state index contributed by atoms with van der Waals surface area (Å²) in [6.07, 6.45) is 4.21. The van der Waals surface area contributed by atoms with Crippen LogP contribution in [0.4, 0.5) is 10.7 Å². The van der Waals surface area contributed by atoms with Crippen LogP contribution in [0.25, 0.3) is 0 Å². The normalized spacial score (nSPS) is 36.8. The van der Waals surface area contributed by atoms with E-state index in [0.717, 1.165) is 61.7 Å². The molecule has 178 valence electrons. The number of aromatic nitrogens is 2. The zero-order valence-corrected chi connectivity index (χ0v) is 20.1. The maximum atomic E-state index is 12.4. The summed E-state index contributed by atoms with van der Waals surface area (Å²) in [7, 11) is 1.74. The van der Waals surface area contributed by atoms with Gasteiger partial charge in [-0.3, -0.25) is 0 Å². The first-order valence-electron chi connectivity index (χ1n) is 12.6. The quantitative estimate of drug-likeness (QED) is 0.731. The van der Waals surface area contributed by atoms with Gasteiger partial charge in [0.15, 0.2) is 0 Å². The second-order valence-electron chi connectivity index (χ2n) is 11.3. The number of piperidine rings is 1. The summed E-state index contributed by atoms with van der Waals surface area (Å²) in [5, 5.41) is 10.1.